The Bertz CT molecular complexity index is 329. The number of rotatable bonds is 3. The Labute approximate surface area is 93.3 Å². The predicted molar refractivity (Wildman–Crippen MR) is 61.2 cm³/mol. The van der Waals surface area contributed by atoms with Crippen molar-refractivity contribution in [2.75, 3.05) is 0 Å². The summed E-state index contributed by atoms with van der Waals surface area (Å²) < 4.78 is 1.12. The summed E-state index contributed by atoms with van der Waals surface area (Å²) in [6, 6.07) is 8.36. The number of hydrogen-bond donors (Lipinski definition) is 1. The van der Waals surface area contributed by atoms with E-state index < -0.39 is 0 Å². The zero-order valence-corrected chi connectivity index (χ0v) is 9.92. The minimum atomic E-state index is -0.179. The molecule has 0 amide bonds. The van der Waals surface area contributed by atoms with Crippen molar-refractivity contribution in [1.82, 2.24) is 0 Å². The summed E-state index contributed by atoms with van der Waals surface area (Å²) in [4.78, 5) is 0. The first-order chi connectivity index (χ1) is 6.62. The lowest BCUT2D eigenvalue weighted by Gasteiger charge is -2.18. The summed E-state index contributed by atoms with van der Waals surface area (Å²) in [6.45, 7) is 1.91. The monoisotopic (exact) mass is 254 g/mol. The molecule has 14 heavy (non-hydrogen) atoms. The van der Waals surface area contributed by atoms with E-state index in [0.29, 0.717) is 0 Å². The zero-order valence-electron chi connectivity index (χ0n) is 8.33. The first-order valence-corrected chi connectivity index (χ1v) is 5.84. The fourth-order valence-corrected chi connectivity index (χ4v) is 2.40. The average molecular weight is 255 g/mol. The van der Waals surface area contributed by atoms with Crippen molar-refractivity contribution in [3.8, 4) is 0 Å². The summed E-state index contributed by atoms with van der Waals surface area (Å²) in [7, 11) is 0. The van der Waals surface area contributed by atoms with Gasteiger partial charge in [-0.3, -0.25) is 0 Å². The molecular weight excluding hydrogens is 240 g/mol. The molecule has 0 heterocycles. The molecule has 0 radical (unpaired) electrons. The third-order valence-corrected chi connectivity index (χ3v) is 3.72. The van der Waals surface area contributed by atoms with Gasteiger partial charge in [0.25, 0.3) is 0 Å². The standard InChI is InChI=1S/C12H15BrO/c1-9(14)12(5-6-12)8-10-3-2-4-11(13)7-10/h2-4,7,9,14H,5-6,8H2,1H3. The molecule has 76 valence electrons. The molecule has 1 aromatic rings. The molecule has 0 aliphatic heterocycles. The van der Waals surface area contributed by atoms with Crippen molar-refractivity contribution in [1.29, 1.82) is 0 Å². The highest BCUT2D eigenvalue weighted by Gasteiger charge is 2.46. The second-order valence-electron chi connectivity index (χ2n) is 4.35. The van der Waals surface area contributed by atoms with E-state index in [1.807, 2.05) is 13.0 Å². The van der Waals surface area contributed by atoms with Crippen LogP contribution in [0.1, 0.15) is 25.3 Å². The van der Waals surface area contributed by atoms with Crippen molar-refractivity contribution < 1.29 is 5.11 Å². The fraction of sp³-hybridized carbons (Fsp3) is 0.500. The Hall–Kier alpha value is -0.340. The van der Waals surface area contributed by atoms with Gasteiger partial charge in [0, 0.05) is 9.89 Å². The van der Waals surface area contributed by atoms with E-state index in [1.165, 1.54) is 5.56 Å². The van der Waals surface area contributed by atoms with Gasteiger partial charge in [0.2, 0.25) is 0 Å². The van der Waals surface area contributed by atoms with Crippen LogP contribution in [0.4, 0.5) is 0 Å². The smallest absolute Gasteiger partial charge is 0.0571 e. The van der Waals surface area contributed by atoms with Crippen LogP contribution in [0.25, 0.3) is 0 Å². The molecule has 0 spiro atoms. The lowest BCUT2D eigenvalue weighted by molar-refractivity contribution is 0.110. The maximum atomic E-state index is 9.66. The van der Waals surface area contributed by atoms with Crippen molar-refractivity contribution >= 4 is 15.9 Å². The molecule has 0 bridgehead atoms. The van der Waals surface area contributed by atoms with Crippen LogP contribution in [0, 0.1) is 5.41 Å². The van der Waals surface area contributed by atoms with Crippen LogP contribution >= 0.6 is 15.9 Å². The predicted octanol–water partition coefficient (Wildman–Crippen LogP) is 3.15. The molecule has 0 saturated heterocycles. The van der Waals surface area contributed by atoms with Gasteiger partial charge in [0.05, 0.1) is 6.10 Å². The second kappa shape index (κ2) is 3.67. The molecule has 1 aromatic carbocycles. The third kappa shape index (κ3) is 2.01. The molecule has 2 rings (SSSR count). The van der Waals surface area contributed by atoms with E-state index in [-0.39, 0.29) is 11.5 Å². The zero-order chi connectivity index (χ0) is 10.2. The van der Waals surface area contributed by atoms with Crippen LogP contribution in [0.15, 0.2) is 28.7 Å². The Morgan fingerprint density at radius 3 is 2.71 bits per heavy atom. The molecule has 2 heteroatoms. The summed E-state index contributed by atoms with van der Waals surface area (Å²) >= 11 is 3.46. The largest absolute Gasteiger partial charge is 0.393 e. The SMILES string of the molecule is CC(O)C1(Cc2cccc(Br)c2)CC1. The van der Waals surface area contributed by atoms with Gasteiger partial charge >= 0.3 is 0 Å². The van der Waals surface area contributed by atoms with Crippen molar-refractivity contribution in [3.05, 3.63) is 34.3 Å². The van der Waals surface area contributed by atoms with Gasteiger partial charge in [-0.05, 0) is 43.9 Å². The van der Waals surface area contributed by atoms with Crippen LogP contribution in [0.5, 0.6) is 0 Å². The molecule has 1 N–H and O–H groups in total. The summed E-state index contributed by atoms with van der Waals surface area (Å²) in [5.41, 5.74) is 1.50. The molecule has 1 saturated carbocycles. The lowest BCUT2D eigenvalue weighted by Crippen LogP contribution is -2.20. The van der Waals surface area contributed by atoms with E-state index in [4.69, 9.17) is 0 Å². The quantitative estimate of drug-likeness (QED) is 0.879. The Morgan fingerprint density at radius 2 is 2.21 bits per heavy atom. The normalized spacial score (nSPS) is 20.5. The highest BCUT2D eigenvalue weighted by molar-refractivity contribution is 9.10. The number of aliphatic hydroxyl groups is 1. The van der Waals surface area contributed by atoms with Crippen molar-refractivity contribution in [2.24, 2.45) is 5.41 Å². The molecule has 1 fully saturated rings. The van der Waals surface area contributed by atoms with Gasteiger partial charge in [-0.2, -0.15) is 0 Å². The van der Waals surface area contributed by atoms with Crippen LogP contribution < -0.4 is 0 Å². The highest BCUT2D eigenvalue weighted by atomic mass is 79.9. The Kier molecular flexibility index (Phi) is 2.67. The summed E-state index contributed by atoms with van der Waals surface area (Å²) in [6.07, 6.45) is 3.15. The Morgan fingerprint density at radius 1 is 1.50 bits per heavy atom. The average Bonchev–Trinajstić information content (AvgIpc) is 2.85. The van der Waals surface area contributed by atoms with Gasteiger partial charge in [-0.1, -0.05) is 28.1 Å². The molecule has 1 aliphatic carbocycles. The van der Waals surface area contributed by atoms with Gasteiger partial charge in [-0.25, -0.2) is 0 Å². The Balaban J connectivity index is 2.11. The molecule has 0 aromatic heterocycles. The van der Waals surface area contributed by atoms with Crippen LogP contribution in [0.3, 0.4) is 0 Å². The molecule has 1 atom stereocenters. The van der Waals surface area contributed by atoms with E-state index in [0.717, 1.165) is 23.7 Å². The van der Waals surface area contributed by atoms with Crippen LogP contribution in [0.2, 0.25) is 0 Å². The minimum Gasteiger partial charge on any atom is -0.393 e. The number of aliphatic hydroxyl groups excluding tert-OH is 1. The molecule has 1 unspecified atom stereocenters. The third-order valence-electron chi connectivity index (χ3n) is 3.22. The van der Waals surface area contributed by atoms with Crippen LogP contribution in [-0.4, -0.2) is 11.2 Å². The molecule has 1 aliphatic rings. The number of hydrogen-bond acceptors (Lipinski definition) is 1. The van der Waals surface area contributed by atoms with Gasteiger partial charge in [0.1, 0.15) is 0 Å². The van der Waals surface area contributed by atoms with Gasteiger partial charge in [-0.15, -0.1) is 0 Å². The first-order valence-electron chi connectivity index (χ1n) is 5.05. The maximum Gasteiger partial charge on any atom is 0.0571 e. The van der Waals surface area contributed by atoms with Crippen LogP contribution in [-0.2, 0) is 6.42 Å². The molecular formula is C12H15BrO. The summed E-state index contributed by atoms with van der Waals surface area (Å²) in [5, 5.41) is 9.66. The first kappa shape index (κ1) is 10.2. The number of halogens is 1. The van der Waals surface area contributed by atoms with E-state index in [1.54, 1.807) is 0 Å². The van der Waals surface area contributed by atoms with Crippen molar-refractivity contribution in [3.63, 3.8) is 0 Å². The topological polar surface area (TPSA) is 20.2 Å². The minimum absolute atomic E-state index is 0.179. The maximum absolute atomic E-state index is 9.66. The second-order valence-corrected chi connectivity index (χ2v) is 5.26. The molecule has 1 nitrogen and oxygen atoms in total. The summed E-state index contributed by atoms with van der Waals surface area (Å²) in [5.74, 6) is 0. The fourth-order valence-electron chi connectivity index (χ4n) is 1.96. The van der Waals surface area contributed by atoms with E-state index in [9.17, 15) is 5.11 Å². The van der Waals surface area contributed by atoms with Gasteiger partial charge in [0.15, 0.2) is 0 Å². The van der Waals surface area contributed by atoms with E-state index in [2.05, 4.69) is 34.1 Å². The van der Waals surface area contributed by atoms with Crippen molar-refractivity contribution in [2.45, 2.75) is 32.3 Å². The lowest BCUT2D eigenvalue weighted by atomic mass is 9.92. The van der Waals surface area contributed by atoms with E-state index >= 15 is 0 Å². The number of benzene rings is 1. The van der Waals surface area contributed by atoms with Gasteiger partial charge < -0.3 is 5.11 Å². The highest BCUT2D eigenvalue weighted by Crippen LogP contribution is 2.51.